The predicted octanol–water partition coefficient (Wildman–Crippen LogP) is 1.68. The Balaban J connectivity index is 0.000000612. The maximum absolute atomic E-state index is 11.8. The number of carboxylic acid groups (broad SMARTS) is 1. The van der Waals surface area contributed by atoms with E-state index >= 15 is 0 Å². The Morgan fingerprint density at radius 2 is 1.80 bits per heavy atom. The summed E-state index contributed by atoms with van der Waals surface area (Å²) in [6, 6.07) is 8.88. The summed E-state index contributed by atoms with van der Waals surface area (Å²) in [7, 11) is 0. The zero-order chi connectivity index (χ0) is 15.0. The van der Waals surface area contributed by atoms with Crippen LogP contribution in [0.25, 0.3) is 0 Å². The fourth-order valence-electron chi connectivity index (χ4n) is 1.35. The van der Waals surface area contributed by atoms with E-state index in [4.69, 9.17) is 14.7 Å². The predicted molar refractivity (Wildman–Crippen MR) is 68.6 cm³/mol. The zero-order valence-corrected chi connectivity index (χ0v) is 10.9. The van der Waals surface area contributed by atoms with E-state index in [0.29, 0.717) is 10.6 Å². The fraction of sp³-hybridized carbons (Fsp3) is 0.0769. The number of carbonyl (C=O) groups is 2. The van der Waals surface area contributed by atoms with Gasteiger partial charge < -0.3 is 5.11 Å². The van der Waals surface area contributed by atoms with Crippen molar-refractivity contribution < 1.29 is 24.3 Å². The van der Waals surface area contributed by atoms with Gasteiger partial charge in [0.15, 0.2) is 5.78 Å². The monoisotopic (exact) mass is 291 g/mol. The lowest BCUT2D eigenvalue weighted by Gasteiger charge is -1.97. The quantitative estimate of drug-likeness (QED) is 0.860. The summed E-state index contributed by atoms with van der Waals surface area (Å²) in [5, 5.41) is 9.26. The van der Waals surface area contributed by atoms with Gasteiger partial charge in [0, 0.05) is 5.56 Å². The van der Waals surface area contributed by atoms with E-state index in [9.17, 15) is 9.59 Å². The van der Waals surface area contributed by atoms with Crippen LogP contribution in [0.1, 0.15) is 25.0 Å². The Morgan fingerprint density at radius 1 is 1.20 bits per heavy atom. The highest BCUT2D eigenvalue weighted by Crippen LogP contribution is 2.15. The van der Waals surface area contributed by atoms with E-state index in [2.05, 4.69) is 4.98 Å². The molecule has 0 radical (unpaired) electrons. The smallest absolute Gasteiger partial charge is 0.373 e. The van der Waals surface area contributed by atoms with Crippen molar-refractivity contribution in [2.75, 3.05) is 0 Å². The van der Waals surface area contributed by atoms with Gasteiger partial charge in [0.1, 0.15) is 9.88 Å². The number of aromatic nitrogens is 1. The van der Waals surface area contributed by atoms with Crippen molar-refractivity contribution in [3.05, 3.63) is 52.0 Å². The molecule has 6 nitrogen and oxygen atoms in total. The van der Waals surface area contributed by atoms with E-state index in [1.807, 2.05) is 6.07 Å². The molecular formula is C13H9NO5S. The van der Waals surface area contributed by atoms with Crippen LogP contribution < -0.4 is 0 Å². The third kappa shape index (κ3) is 4.56. The van der Waals surface area contributed by atoms with E-state index < -0.39 is 5.97 Å². The van der Waals surface area contributed by atoms with Gasteiger partial charge in [0.05, 0.1) is 12.6 Å². The summed E-state index contributed by atoms with van der Waals surface area (Å²) in [5.74, 6) is -1.07. The molecule has 1 aromatic heterocycles. The largest absolute Gasteiger partial charge is 0.477 e. The van der Waals surface area contributed by atoms with Crippen molar-refractivity contribution in [1.29, 1.82) is 0 Å². The summed E-state index contributed by atoms with van der Waals surface area (Å²) in [6.45, 7) is 0. The number of Topliss-reactive ketones (excluding diaryl/α,β-unsaturated/α-hetero) is 1. The Labute approximate surface area is 117 Å². The minimum absolute atomic E-state index is 0.0584. The van der Waals surface area contributed by atoms with Crippen LogP contribution in [0, 0.1) is 0 Å². The molecule has 0 aliphatic rings. The van der Waals surface area contributed by atoms with Crippen LogP contribution in [0.4, 0.5) is 0 Å². The average Bonchev–Trinajstić information content (AvgIpc) is 2.89. The first-order valence-electron chi connectivity index (χ1n) is 5.34. The Kier molecular flexibility index (Phi) is 5.96. The van der Waals surface area contributed by atoms with Crippen LogP contribution in [0.3, 0.4) is 0 Å². The van der Waals surface area contributed by atoms with Crippen LogP contribution in [-0.4, -0.2) is 28.0 Å². The number of hydrogen-bond acceptors (Lipinski definition) is 6. The normalized spacial score (nSPS) is 9.00. The molecule has 0 atom stereocenters. The second kappa shape index (κ2) is 7.73. The standard InChI is InChI=1S/C12H9NO3S.CO2/c14-9(8-4-2-1-3-5-8)6-11-13-7-10(17-11)12(15)16;2-1-3/h1-5,7H,6H2,(H,15,16);. The maximum Gasteiger partial charge on any atom is 0.373 e. The molecule has 0 amide bonds. The second-order valence-electron chi connectivity index (χ2n) is 3.47. The molecule has 1 N–H and O–H groups in total. The summed E-state index contributed by atoms with van der Waals surface area (Å²) in [6.07, 6.45) is 1.67. The highest BCUT2D eigenvalue weighted by Gasteiger charge is 2.12. The molecule has 102 valence electrons. The van der Waals surface area contributed by atoms with Crippen molar-refractivity contribution in [2.24, 2.45) is 0 Å². The lowest BCUT2D eigenvalue weighted by atomic mass is 10.1. The van der Waals surface area contributed by atoms with Gasteiger partial charge in [0.25, 0.3) is 0 Å². The molecule has 20 heavy (non-hydrogen) atoms. The Bertz CT molecular complexity index is 629. The van der Waals surface area contributed by atoms with E-state index in [-0.39, 0.29) is 23.2 Å². The molecule has 0 spiro atoms. The number of carboxylic acids is 1. The average molecular weight is 291 g/mol. The molecule has 0 aliphatic carbocycles. The first-order chi connectivity index (χ1) is 9.58. The fourth-order valence-corrected chi connectivity index (χ4v) is 2.11. The molecule has 2 aromatic rings. The molecule has 7 heteroatoms. The van der Waals surface area contributed by atoms with Crippen molar-refractivity contribution in [2.45, 2.75) is 6.42 Å². The van der Waals surface area contributed by atoms with Crippen LogP contribution in [0.15, 0.2) is 36.5 Å². The number of rotatable bonds is 4. The van der Waals surface area contributed by atoms with Crippen molar-refractivity contribution in [3.63, 3.8) is 0 Å². The molecule has 0 aliphatic heterocycles. The first kappa shape index (κ1) is 15.4. The van der Waals surface area contributed by atoms with Gasteiger partial charge in [-0.25, -0.2) is 9.78 Å². The topological polar surface area (TPSA) is 101 Å². The SMILES string of the molecule is O=C(Cc1ncc(C(=O)O)s1)c1ccccc1.O=C=O. The zero-order valence-electron chi connectivity index (χ0n) is 10.1. The first-order valence-corrected chi connectivity index (χ1v) is 6.15. The highest BCUT2D eigenvalue weighted by atomic mass is 32.1. The van der Waals surface area contributed by atoms with Gasteiger partial charge in [-0.1, -0.05) is 30.3 Å². The highest BCUT2D eigenvalue weighted by molar-refractivity contribution is 7.13. The molecule has 0 bridgehead atoms. The summed E-state index contributed by atoms with van der Waals surface area (Å²) >= 11 is 1.03. The molecule has 0 saturated heterocycles. The van der Waals surface area contributed by atoms with Crippen molar-refractivity contribution >= 4 is 29.2 Å². The molecule has 1 heterocycles. The molecule has 0 saturated carbocycles. The summed E-state index contributed by atoms with van der Waals surface area (Å²) < 4.78 is 0. The van der Waals surface area contributed by atoms with E-state index in [1.54, 1.807) is 24.3 Å². The van der Waals surface area contributed by atoms with Gasteiger partial charge in [-0.3, -0.25) is 4.79 Å². The molecule has 1 aromatic carbocycles. The molecule has 0 unspecified atom stereocenters. The molecule has 0 fully saturated rings. The van der Waals surface area contributed by atoms with Gasteiger partial charge in [-0.2, -0.15) is 9.59 Å². The van der Waals surface area contributed by atoms with Crippen LogP contribution in [-0.2, 0) is 16.0 Å². The van der Waals surface area contributed by atoms with E-state index in [0.717, 1.165) is 11.3 Å². The van der Waals surface area contributed by atoms with Gasteiger partial charge in [-0.15, -0.1) is 11.3 Å². The Morgan fingerprint density at radius 3 is 2.30 bits per heavy atom. The van der Waals surface area contributed by atoms with Crippen LogP contribution in [0.5, 0.6) is 0 Å². The third-order valence-corrected chi connectivity index (χ3v) is 3.16. The summed E-state index contributed by atoms with van der Waals surface area (Å²) in [4.78, 5) is 42.8. The number of hydrogen-bond donors (Lipinski definition) is 1. The van der Waals surface area contributed by atoms with Crippen molar-refractivity contribution in [1.82, 2.24) is 4.98 Å². The number of aromatic carboxylic acids is 1. The minimum atomic E-state index is -1.01. The molecular weight excluding hydrogens is 282 g/mol. The minimum Gasteiger partial charge on any atom is -0.477 e. The maximum atomic E-state index is 11.8. The summed E-state index contributed by atoms with van der Waals surface area (Å²) in [5.41, 5.74) is 0.611. The molecule has 2 rings (SSSR count). The van der Waals surface area contributed by atoms with Crippen molar-refractivity contribution in [3.8, 4) is 0 Å². The van der Waals surface area contributed by atoms with Crippen LogP contribution >= 0.6 is 11.3 Å². The number of benzene rings is 1. The number of carbonyl (C=O) groups excluding carboxylic acids is 3. The third-order valence-electron chi connectivity index (χ3n) is 2.17. The second-order valence-corrected chi connectivity index (χ2v) is 4.59. The number of nitrogens with zero attached hydrogens (tertiary/aromatic N) is 1. The van der Waals surface area contributed by atoms with E-state index in [1.165, 1.54) is 6.20 Å². The lowest BCUT2D eigenvalue weighted by molar-refractivity contribution is -0.191. The lowest BCUT2D eigenvalue weighted by Crippen LogP contribution is -2.02. The van der Waals surface area contributed by atoms with Gasteiger partial charge >= 0.3 is 12.1 Å². The number of ketones is 1. The van der Waals surface area contributed by atoms with Gasteiger partial charge in [0.2, 0.25) is 0 Å². The van der Waals surface area contributed by atoms with Gasteiger partial charge in [-0.05, 0) is 0 Å². The Hall–Kier alpha value is -2.63. The van der Waals surface area contributed by atoms with Crippen LogP contribution in [0.2, 0.25) is 0 Å². The number of thiazole rings is 1.